The Morgan fingerprint density at radius 3 is 2.48 bits per heavy atom. The average molecular weight is 289 g/mol. The molecule has 1 aromatic rings. The van der Waals surface area contributed by atoms with E-state index in [2.05, 4.69) is 4.98 Å². The predicted molar refractivity (Wildman–Crippen MR) is 85.3 cm³/mol. The molecule has 4 N–H and O–H groups in total. The van der Waals surface area contributed by atoms with Crippen molar-refractivity contribution in [3.05, 3.63) is 35.6 Å². The van der Waals surface area contributed by atoms with Gasteiger partial charge in [-0.1, -0.05) is 12.1 Å². The molecule has 1 aliphatic rings. The number of nitrogens with two attached hydrogens (primary N) is 2. The molecule has 0 amide bonds. The summed E-state index contributed by atoms with van der Waals surface area (Å²) in [5.41, 5.74) is 12.6. The molecule has 0 aromatic carbocycles. The maximum atomic E-state index is 5.92. The summed E-state index contributed by atoms with van der Waals surface area (Å²) in [5, 5.41) is 0. The summed E-state index contributed by atoms with van der Waals surface area (Å²) >= 11 is 0. The van der Waals surface area contributed by atoms with E-state index < -0.39 is 0 Å². The van der Waals surface area contributed by atoms with E-state index in [-0.39, 0.29) is 24.4 Å². The van der Waals surface area contributed by atoms with Crippen LogP contribution in [0.5, 0.6) is 0 Å². The first kappa shape index (κ1) is 16.2. The molecule has 1 atom stereocenters. The van der Waals surface area contributed by atoms with E-state index in [0.717, 1.165) is 11.3 Å². The molecular formula is C15H24BN3O2. The molecule has 0 spiro atoms. The van der Waals surface area contributed by atoms with Crippen LogP contribution in [0.3, 0.4) is 0 Å². The number of aromatic nitrogens is 1. The summed E-state index contributed by atoms with van der Waals surface area (Å²) < 4.78 is 11.8. The van der Waals surface area contributed by atoms with Crippen LogP contribution in [0.1, 0.15) is 45.0 Å². The van der Waals surface area contributed by atoms with Crippen molar-refractivity contribution in [1.29, 1.82) is 0 Å². The summed E-state index contributed by atoms with van der Waals surface area (Å²) in [4.78, 5) is 4.23. The van der Waals surface area contributed by atoms with E-state index in [1.807, 2.05) is 51.9 Å². The Hall–Kier alpha value is -1.21. The zero-order valence-electron chi connectivity index (χ0n) is 13.2. The van der Waals surface area contributed by atoms with Crippen LogP contribution in [0.15, 0.2) is 24.3 Å². The molecule has 6 heteroatoms. The monoisotopic (exact) mass is 289 g/mol. The summed E-state index contributed by atoms with van der Waals surface area (Å²) in [7, 11) is -0.352. The van der Waals surface area contributed by atoms with E-state index in [9.17, 15) is 0 Å². The third-order valence-electron chi connectivity index (χ3n) is 4.16. The van der Waals surface area contributed by atoms with E-state index in [4.69, 9.17) is 20.8 Å². The molecule has 1 aliphatic heterocycles. The second-order valence-corrected chi connectivity index (χ2v) is 6.34. The van der Waals surface area contributed by atoms with Gasteiger partial charge in [-0.25, -0.2) is 0 Å². The van der Waals surface area contributed by atoms with Gasteiger partial charge in [0.05, 0.1) is 22.9 Å². The molecule has 0 bridgehead atoms. The quantitative estimate of drug-likeness (QED) is 0.824. The molecule has 2 rings (SSSR count). The van der Waals surface area contributed by atoms with Gasteiger partial charge in [-0.15, -0.1) is 0 Å². The summed E-state index contributed by atoms with van der Waals surface area (Å²) in [6, 6.07) is 3.60. The first-order valence-electron chi connectivity index (χ1n) is 7.20. The Kier molecular flexibility index (Phi) is 4.53. The highest BCUT2D eigenvalue weighted by molar-refractivity contribution is 6.52. The van der Waals surface area contributed by atoms with Gasteiger partial charge in [0, 0.05) is 12.7 Å². The van der Waals surface area contributed by atoms with E-state index in [1.54, 1.807) is 6.20 Å². The third kappa shape index (κ3) is 3.52. The van der Waals surface area contributed by atoms with Gasteiger partial charge in [-0.3, -0.25) is 4.98 Å². The predicted octanol–water partition coefficient (Wildman–Crippen LogP) is 1.68. The van der Waals surface area contributed by atoms with Crippen LogP contribution in [-0.2, 0) is 9.31 Å². The Bertz CT molecular complexity index is 515. The zero-order valence-corrected chi connectivity index (χ0v) is 13.2. The lowest BCUT2D eigenvalue weighted by Gasteiger charge is -2.32. The topological polar surface area (TPSA) is 83.4 Å². The second kappa shape index (κ2) is 5.89. The molecule has 2 heterocycles. The Labute approximate surface area is 126 Å². The average Bonchev–Trinajstić information content (AvgIpc) is 2.64. The molecule has 21 heavy (non-hydrogen) atoms. The number of hydrogen-bond donors (Lipinski definition) is 2. The van der Waals surface area contributed by atoms with E-state index in [1.165, 1.54) is 0 Å². The van der Waals surface area contributed by atoms with E-state index in [0.29, 0.717) is 6.54 Å². The molecule has 5 nitrogen and oxygen atoms in total. The maximum Gasteiger partial charge on any atom is 0.487 e. The van der Waals surface area contributed by atoms with Gasteiger partial charge in [-0.05, 0) is 45.4 Å². The number of rotatable bonds is 4. The highest BCUT2D eigenvalue weighted by Crippen LogP contribution is 2.37. The fourth-order valence-corrected chi connectivity index (χ4v) is 2.05. The van der Waals surface area contributed by atoms with Gasteiger partial charge >= 0.3 is 7.12 Å². The van der Waals surface area contributed by atoms with Crippen LogP contribution in [0, 0.1) is 0 Å². The molecule has 0 radical (unpaired) electrons. The zero-order chi connectivity index (χ0) is 15.7. The molecule has 114 valence electrons. The lowest BCUT2D eigenvalue weighted by Crippen LogP contribution is -2.41. The van der Waals surface area contributed by atoms with Gasteiger partial charge in [0.25, 0.3) is 0 Å². The van der Waals surface area contributed by atoms with Crippen molar-refractivity contribution in [2.75, 3.05) is 6.54 Å². The summed E-state index contributed by atoms with van der Waals surface area (Å²) in [6.07, 6.45) is 3.69. The Balaban J connectivity index is 2.09. The van der Waals surface area contributed by atoms with Crippen molar-refractivity contribution >= 4 is 13.2 Å². The van der Waals surface area contributed by atoms with Gasteiger partial charge in [0.1, 0.15) is 0 Å². The first-order chi connectivity index (χ1) is 9.75. The van der Waals surface area contributed by atoms with Gasteiger partial charge in [0.2, 0.25) is 0 Å². The van der Waals surface area contributed by atoms with Gasteiger partial charge in [-0.2, -0.15) is 0 Å². The van der Waals surface area contributed by atoms with Crippen molar-refractivity contribution in [2.45, 2.75) is 44.9 Å². The molecule has 1 aromatic heterocycles. The minimum absolute atomic E-state index is 0.241. The molecule has 0 unspecified atom stereocenters. The summed E-state index contributed by atoms with van der Waals surface area (Å²) in [5.74, 6) is 1.91. The minimum Gasteiger partial charge on any atom is -0.400 e. The smallest absolute Gasteiger partial charge is 0.400 e. The van der Waals surface area contributed by atoms with Gasteiger partial charge < -0.3 is 20.8 Å². The van der Waals surface area contributed by atoms with E-state index >= 15 is 0 Å². The highest BCUT2D eigenvalue weighted by atomic mass is 16.7. The lowest BCUT2D eigenvalue weighted by atomic mass is 9.89. The SMILES string of the molecule is CC1(C)OB(/C=C/c2ccnc([C@H](N)CN)c2)OC1(C)C. The van der Waals surface area contributed by atoms with Crippen molar-refractivity contribution < 1.29 is 9.31 Å². The van der Waals surface area contributed by atoms with Crippen molar-refractivity contribution in [1.82, 2.24) is 4.98 Å². The summed E-state index contributed by atoms with van der Waals surface area (Å²) in [6.45, 7) is 8.51. The molecular weight excluding hydrogens is 265 g/mol. The van der Waals surface area contributed by atoms with Crippen LogP contribution in [0.4, 0.5) is 0 Å². The van der Waals surface area contributed by atoms with Crippen LogP contribution >= 0.6 is 0 Å². The highest BCUT2D eigenvalue weighted by Gasteiger charge is 2.49. The number of pyridine rings is 1. The minimum atomic E-state index is -0.352. The van der Waals surface area contributed by atoms with Crippen LogP contribution in [-0.4, -0.2) is 29.8 Å². The Morgan fingerprint density at radius 1 is 1.29 bits per heavy atom. The largest absolute Gasteiger partial charge is 0.487 e. The molecule has 0 aliphatic carbocycles. The van der Waals surface area contributed by atoms with Crippen molar-refractivity contribution in [2.24, 2.45) is 11.5 Å². The van der Waals surface area contributed by atoms with Crippen LogP contribution < -0.4 is 11.5 Å². The van der Waals surface area contributed by atoms with Crippen LogP contribution in [0.2, 0.25) is 0 Å². The molecule has 1 fully saturated rings. The molecule has 1 saturated heterocycles. The fraction of sp³-hybridized carbons (Fsp3) is 0.533. The van der Waals surface area contributed by atoms with Crippen LogP contribution in [0.25, 0.3) is 6.08 Å². The molecule has 0 saturated carbocycles. The lowest BCUT2D eigenvalue weighted by molar-refractivity contribution is 0.00578. The normalized spacial score (nSPS) is 21.9. The second-order valence-electron chi connectivity index (χ2n) is 6.34. The standard InChI is InChI=1S/C15H24BN3O2/c1-14(2)15(3,4)21-16(20-14)7-5-11-6-8-19-13(9-11)12(18)10-17/h5-9,12H,10,17-18H2,1-4H3/b7-5+/t12-/m1/s1. The third-order valence-corrected chi connectivity index (χ3v) is 4.16. The van der Waals surface area contributed by atoms with Gasteiger partial charge in [0.15, 0.2) is 0 Å². The fourth-order valence-electron chi connectivity index (χ4n) is 2.05. The number of hydrogen-bond acceptors (Lipinski definition) is 5. The maximum absolute atomic E-state index is 5.92. The first-order valence-corrected chi connectivity index (χ1v) is 7.20. The van der Waals surface area contributed by atoms with Crippen molar-refractivity contribution in [3.8, 4) is 0 Å². The Morgan fingerprint density at radius 2 is 1.90 bits per heavy atom. The number of nitrogens with zero attached hydrogens (tertiary/aromatic N) is 1. The van der Waals surface area contributed by atoms with Crippen molar-refractivity contribution in [3.63, 3.8) is 0 Å².